The molecule has 0 saturated carbocycles. The number of hydrogen-bond acceptors (Lipinski definition) is 4. The zero-order valence-electron chi connectivity index (χ0n) is 15.2. The number of aromatic nitrogens is 2. The first-order valence-electron chi connectivity index (χ1n) is 8.46. The molecule has 0 atom stereocenters. The van der Waals surface area contributed by atoms with Crippen LogP contribution in [0.2, 0.25) is 9.49 Å². The minimum Gasteiger partial charge on any atom is -0.462 e. The van der Waals surface area contributed by atoms with E-state index in [-0.39, 0.29) is 24.6 Å². The number of imidazole rings is 1. The van der Waals surface area contributed by atoms with E-state index in [1.807, 2.05) is 30.3 Å². The minimum atomic E-state index is -0.532. The van der Waals surface area contributed by atoms with Crippen molar-refractivity contribution in [1.29, 1.82) is 0 Å². The van der Waals surface area contributed by atoms with Crippen molar-refractivity contribution in [3.8, 4) is 11.1 Å². The Kier molecular flexibility index (Phi) is 6.39. The Morgan fingerprint density at radius 3 is 2.57 bits per heavy atom. The number of ether oxygens (including phenoxy) is 1. The lowest BCUT2D eigenvalue weighted by atomic mass is 10.0. The van der Waals surface area contributed by atoms with E-state index in [0.717, 1.165) is 16.9 Å². The molecular formula is C19H18Cl2N3O3S+. The molecule has 3 aromatic rings. The molecule has 0 radical (unpaired) electrons. The van der Waals surface area contributed by atoms with Gasteiger partial charge in [0.2, 0.25) is 11.5 Å². The topological polar surface area (TPSA) is 64.2 Å². The highest BCUT2D eigenvalue weighted by Crippen LogP contribution is 2.43. The number of rotatable bonds is 6. The number of carbonyl (C=O) groups excluding carboxylic acids is 2. The van der Waals surface area contributed by atoms with Gasteiger partial charge >= 0.3 is 5.97 Å². The average Bonchev–Trinajstić information content (AvgIpc) is 3.14. The predicted molar refractivity (Wildman–Crippen MR) is 110 cm³/mol. The van der Waals surface area contributed by atoms with Crippen LogP contribution in [0, 0.1) is 0 Å². The number of hydrogen-bond donors (Lipinski definition) is 1. The second-order valence-corrected chi connectivity index (χ2v) is 7.95. The normalized spacial score (nSPS) is 10.7. The zero-order valence-corrected chi connectivity index (χ0v) is 17.6. The van der Waals surface area contributed by atoms with Gasteiger partial charge in [0.1, 0.15) is 21.1 Å². The molecule has 0 bridgehead atoms. The van der Waals surface area contributed by atoms with Gasteiger partial charge in [0.25, 0.3) is 5.91 Å². The van der Waals surface area contributed by atoms with Crippen molar-refractivity contribution in [2.45, 2.75) is 13.5 Å². The predicted octanol–water partition coefficient (Wildman–Crippen LogP) is 4.16. The van der Waals surface area contributed by atoms with Crippen molar-refractivity contribution < 1.29 is 18.9 Å². The van der Waals surface area contributed by atoms with Gasteiger partial charge in [-0.3, -0.25) is 4.79 Å². The Morgan fingerprint density at radius 1 is 1.25 bits per heavy atom. The maximum absolute atomic E-state index is 12.6. The van der Waals surface area contributed by atoms with Gasteiger partial charge in [0.05, 0.1) is 13.7 Å². The Bertz CT molecular complexity index is 996. The molecule has 6 nitrogen and oxygen atoms in total. The lowest BCUT2D eigenvalue weighted by molar-refractivity contribution is -0.683. The first-order chi connectivity index (χ1) is 13.4. The Labute approximate surface area is 176 Å². The third-order valence-electron chi connectivity index (χ3n) is 3.92. The van der Waals surface area contributed by atoms with Crippen LogP contribution in [0.4, 0.5) is 5.00 Å². The van der Waals surface area contributed by atoms with Gasteiger partial charge < -0.3 is 10.1 Å². The summed E-state index contributed by atoms with van der Waals surface area (Å²) in [5, 5.41) is 3.64. The standard InChI is InChI=1S/C19H17Cl2N3O3S/c1-3-27-19(26)16-15(12-7-5-4-6-8-12)17(21)28-18(16)22-14(25)10-24-9-13(20)23(2)11-24/h4-9,11H,3,10H2,1-2H3/p+1. The molecule has 9 heteroatoms. The fourth-order valence-corrected chi connectivity index (χ4v) is 4.27. The molecular weight excluding hydrogens is 421 g/mol. The molecule has 2 heterocycles. The highest BCUT2D eigenvalue weighted by molar-refractivity contribution is 7.21. The number of benzene rings is 1. The second-order valence-electron chi connectivity index (χ2n) is 5.94. The van der Waals surface area contributed by atoms with Crippen molar-refractivity contribution in [3.63, 3.8) is 0 Å². The van der Waals surface area contributed by atoms with E-state index in [1.165, 1.54) is 0 Å². The summed E-state index contributed by atoms with van der Waals surface area (Å²) in [6.45, 7) is 1.98. The minimum absolute atomic E-state index is 0.0407. The molecule has 0 aliphatic rings. The SMILES string of the molecule is CCOC(=O)c1c(NC(=O)C[n+]2cc(Cl)n(C)c2)sc(Cl)c1-c1ccccc1. The van der Waals surface area contributed by atoms with Crippen LogP contribution in [0.15, 0.2) is 42.9 Å². The molecule has 0 spiro atoms. The van der Waals surface area contributed by atoms with E-state index in [4.69, 9.17) is 27.9 Å². The molecule has 2 aromatic heterocycles. The number of anilines is 1. The Balaban J connectivity index is 1.93. The van der Waals surface area contributed by atoms with Crippen LogP contribution < -0.4 is 9.88 Å². The van der Waals surface area contributed by atoms with E-state index in [2.05, 4.69) is 5.32 Å². The van der Waals surface area contributed by atoms with Crippen LogP contribution in [0.3, 0.4) is 0 Å². The van der Waals surface area contributed by atoms with Crippen molar-refractivity contribution in [3.05, 3.63) is 57.9 Å². The van der Waals surface area contributed by atoms with Crippen LogP contribution in [-0.2, 0) is 23.1 Å². The second kappa shape index (κ2) is 8.77. The lowest BCUT2D eigenvalue weighted by Gasteiger charge is -2.08. The van der Waals surface area contributed by atoms with Crippen LogP contribution in [0.1, 0.15) is 17.3 Å². The smallest absolute Gasteiger partial charge is 0.341 e. The summed E-state index contributed by atoms with van der Waals surface area (Å²) in [6, 6.07) is 9.28. The highest BCUT2D eigenvalue weighted by atomic mass is 35.5. The van der Waals surface area contributed by atoms with Crippen LogP contribution >= 0.6 is 34.5 Å². The molecule has 1 N–H and O–H groups in total. The molecule has 1 amide bonds. The Hall–Kier alpha value is -2.35. The fraction of sp³-hybridized carbons (Fsp3) is 0.211. The fourth-order valence-electron chi connectivity index (χ4n) is 2.71. The summed E-state index contributed by atoms with van der Waals surface area (Å²) < 4.78 is 8.93. The van der Waals surface area contributed by atoms with Crippen LogP contribution in [0.25, 0.3) is 11.1 Å². The zero-order chi connectivity index (χ0) is 20.3. The van der Waals surface area contributed by atoms with Crippen LogP contribution in [-0.4, -0.2) is 23.1 Å². The highest BCUT2D eigenvalue weighted by Gasteiger charge is 2.26. The molecule has 0 aliphatic carbocycles. The summed E-state index contributed by atoms with van der Waals surface area (Å²) >= 11 is 13.6. The van der Waals surface area contributed by atoms with Gasteiger partial charge in [0, 0.05) is 5.56 Å². The summed E-state index contributed by atoms with van der Waals surface area (Å²) in [5.41, 5.74) is 1.58. The maximum atomic E-state index is 12.6. The van der Waals surface area contributed by atoms with Gasteiger partial charge in [-0.2, -0.15) is 0 Å². The number of esters is 1. The molecule has 1 aromatic carbocycles. The molecule has 0 saturated heterocycles. The van der Waals surface area contributed by atoms with Crippen LogP contribution in [0.5, 0.6) is 0 Å². The largest absolute Gasteiger partial charge is 0.462 e. The van der Waals surface area contributed by atoms with Gasteiger partial charge in [-0.1, -0.05) is 41.9 Å². The molecule has 3 rings (SSSR count). The first kappa shape index (κ1) is 20.4. The maximum Gasteiger partial charge on any atom is 0.341 e. The number of carbonyl (C=O) groups is 2. The lowest BCUT2D eigenvalue weighted by Crippen LogP contribution is -2.38. The van der Waals surface area contributed by atoms with Gasteiger partial charge in [-0.25, -0.2) is 13.9 Å². The number of halogens is 2. The average molecular weight is 439 g/mol. The molecule has 146 valence electrons. The van der Waals surface area contributed by atoms with Gasteiger partial charge in [-0.15, -0.1) is 11.3 Å². The number of nitrogens with zero attached hydrogens (tertiary/aromatic N) is 2. The van der Waals surface area contributed by atoms with Gasteiger partial charge in [0.15, 0.2) is 6.54 Å². The van der Waals surface area contributed by atoms with Crippen molar-refractivity contribution in [2.24, 2.45) is 7.05 Å². The molecule has 0 aliphatic heterocycles. The summed E-state index contributed by atoms with van der Waals surface area (Å²) in [7, 11) is 1.78. The molecule has 0 fully saturated rings. The van der Waals surface area contributed by atoms with E-state index in [1.54, 1.807) is 35.6 Å². The van der Waals surface area contributed by atoms with E-state index in [9.17, 15) is 9.59 Å². The van der Waals surface area contributed by atoms with Crippen molar-refractivity contribution >= 4 is 51.4 Å². The van der Waals surface area contributed by atoms with Crippen molar-refractivity contribution in [2.75, 3.05) is 11.9 Å². The van der Waals surface area contributed by atoms with Crippen molar-refractivity contribution in [1.82, 2.24) is 4.57 Å². The van der Waals surface area contributed by atoms with E-state index < -0.39 is 5.97 Å². The van der Waals surface area contributed by atoms with Gasteiger partial charge in [-0.05, 0) is 24.1 Å². The number of aryl methyl sites for hydroxylation is 1. The third kappa shape index (κ3) is 4.38. The third-order valence-corrected chi connectivity index (χ3v) is 5.60. The molecule has 0 unspecified atom stereocenters. The number of thiophene rings is 1. The summed E-state index contributed by atoms with van der Waals surface area (Å²) in [6.07, 6.45) is 3.34. The van der Waals surface area contributed by atoms with E-state index in [0.29, 0.717) is 20.1 Å². The van der Waals surface area contributed by atoms with E-state index >= 15 is 0 Å². The Morgan fingerprint density at radius 2 is 1.96 bits per heavy atom. The monoisotopic (exact) mass is 438 g/mol. The first-order valence-corrected chi connectivity index (χ1v) is 10.0. The number of nitrogens with one attached hydrogen (secondary N) is 1. The molecule has 28 heavy (non-hydrogen) atoms. The summed E-state index contributed by atoms with van der Waals surface area (Å²) in [4.78, 5) is 25.1. The summed E-state index contributed by atoms with van der Waals surface area (Å²) in [5.74, 6) is -0.842. The number of amides is 1. The quantitative estimate of drug-likeness (QED) is 0.464.